The van der Waals surface area contributed by atoms with E-state index < -0.39 is 17.4 Å². The summed E-state index contributed by atoms with van der Waals surface area (Å²) in [5, 5.41) is 11.1. The van der Waals surface area contributed by atoms with Gasteiger partial charge in [0.05, 0.1) is 6.61 Å². The van der Waals surface area contributed by atoms with Gasteiger partial charge in [-0.1, -0.05) is 12.1 Å². The highest BCUT2D eigenvalue weighted by Gasteiger charge is 2.14. The largest absolute Gasteiger partial charge is 0.485 e. The highest BCUT2D eigenvalue weighted by Crippen LogP contribution is 2.23. The average molecular weight is 274 g/mol. The lowest BCUT2D eigenvalue weighted by atomic mass is 10.2. The number of oxime groups is 1. The third-order valence-electron chi connectivity index (χ3n) is 2.22. The lowest BCUT2D eigenvalue weighted by molar-refractivity contribution is 0.0975. The first-order valence-corrected chi connectivity index (χ1v) is 5.77. The molecule has 7 heteroatoms. The van der Waals surface area contributed by atoms with E-state index in [0.29, 0.717) is 6.61 Å². The zero-order valence-corrected chi connectivity index (χ0v) is 10.5. The molecule has 0 aliphatic rings. The molecule has 0 heterocycles. The van der Waals surface area contributed by atoms with Crippen LogP contribution >= 0.6 is 0 Å². The summed E-state index contributed by atoms with van der Waals surface area (Å²) in [7, 11) is 0. The fraction of sp³-hybridized carbons (Fsp3) is 0.417. The van der Waals surface area contributed by atoms with Crippen LogP contribution in [0.15, 0.2) is 17.3 Å². The number of hydrogen-bond donors (Lipinski definition) is 2. The molecule has 0 saturated carbocycles. The molecule has 1 aromatic rings. The lowest BCUT2D eigenvalue weighted by Gasteiger charge is -2.10. The molecular formula is C12H16F2N2O3. The molecule has 5 nitrogen and oxygen atoms in total. The zero-order valence-electron chi connectivity index (χ0n) is 10.5. The molecule has 0 saturated heterocycles. The van der Waals surface area contributed by atoms with Crippen LogP contribution in [0.3, 0.4) is 0 Å². The molecule has 1 aromatic carbocycles. The van der Waals surface area contributed by atoms with E-state index >= 15 is 0 Å². The van der Waals surface area contributed by atoms with Gasteiger partial charge in [0.25, 0.3) is 0 Å². The Balaban J connectivity index is 2.69. The number of halogens is 2. The first kappa shape index (κ1) is 15.2. The minimum absolute atomic E-state index is 0.0385. The normalized spacial score (nSPS) is 11.6. The average Bonchev–Trinajstić information content (AvgIpc) is 2.40. The van der Waals surface area contributed by atoms with Gasteiger partial charge in [0.15, 0.2) is 23.2 Å². The number of nitrogens with zero attached hydrogens (tertiary/aromatic N) is 1. The van der Waals surface area contributed by atoms with Crippen molar-refractivity contribution < 1.29 is 23.5 Å². The summed E-state index contributed by atoms with van der Waals surface area (Å²) in [5.74, 6) is -2.72. The summed E-state index contributed by atoms with van der Waals surface area (Å²) in [6, 6.07) is 1.86. The van der Waals surface area contributed by atoms with Crippen LogP contribution in [0.25, 0.3) is 0 Å². The first-order chi connectivity index (χ1) is 9.10. The summed E-state index contributed by atoms with van der Waals surface area (Å²) in [6.07, 6.45) is 0.858. The van der Waals surface area contributed by atoms with Crippen molar-refractivity contribution in [3.63, 3.8) is 0 Å². The predicted octanol–water partition coefficient (Wildman–Crippen LogP) is 1.86. The van der Waals surface area contributed by atoms with Crippen molar-refractivity contribution in [3.05, 3.63) is 29.3 Å². The van der Waals surface area contributed by atoms with Crippen LogP contribution in [0.5, 0.6) is 5.75 Å². The standard InChI is InChI=1S/C12H16F2N2O3/c1-2-3-18-4-5-19-11-9(13)6-8(7-10(11)14)12(15)16-17/h6-7,17H,2-5H2,1H3,(H2,15,16). The van der Waals surface area contributed by atoms with E-state index in [2.05, 4.69) is 5.16 Å². The van der Waals surface area contributed by atoms with Crippen LogP contribution in [0.1, 0.15) is 18.9 Å². The molecule has 19 heavy (non-hydrogen) atoms. The summed E-state index contributed by atoms with van der Waals surface area (Å²) >= 11 is 0. The number of nitrogens with two attached hydrogens (primary N) is 1. The molecule has 0 amide bonds. The number of amidine groups is 1. The molecule has 0 radical (unpaired) electrons. The van der Waals surface area contributed by atoms with Gasteiger partial charge < -0.3 is 20.4 Å². The Hall–Kier alpha value is -1.89. The van der Waals surface area contributed by atoms with E-state index in [1.807, 2.05) is 6.92 Å². The van der Waals surface area contributed by atoms with Crippen LogP contribution in [0, 0.1) is 11.6 Å². The second kappa shape index (κ2) is 7.52. The van der Waals surface area contributed by atoms with E-state index in [9.17, 15) is 8.78 Å². The SMILES string of the molecule is CCCOCCOc1c(F)cc(C(N)=NO)cc1F. The molecule has 0 fully saturated rings. The second-order valence-corrected chi connectivity index (χ2v) is 3.72. The van der Waals surface area contributed by atoms with E-state index in [0.717, 1.165) is 18.6 Å². The minimum atomic E-state index is -0.919. The summed E-state index contributed by atoms with van der Waals surface area (Å²) < 4.78 is 37.3. The van der Waals surface area contributed by atoms with Gasteiger partial charge in [0, 0.05) is 12.2 Å². The van der Waals surface area contributed by atoms with Gasteiger partial charge in [0.1, 0.15) is 6.61 Å². The molecule has 3 N–H and O–H groups in total. The minimum Gasteiger partial charge on any atom is -0.485 e. The molecule has 0 bridgehead atoms. The fourth-order valence-corrected chi connectivity index (χ4v) is 1.35. The van der Waals surface area contributed by atoms with Crippen LogP contribution in [0.4, 0.5) is 8.78 Å². The number of ether oxygens (including phenoxy) is 2. The number of rotatable bonds is 7. The van der Waals surface area contributed by atoms with Gasteiger partial charge in [-0.3, -0.25) is 0 Å². The molecule has 0 atom stereocenters. The van der Waals surface area contributed by atoms with Crippen molar-refractivity contribution in [2.45, 2.75) is 13.3 Å². The van der Waals surface area contributed by atoms with Gasteiger partial charge >= 0.3 is 0 Å². The van der Waals surface area contributed by atoms with Gasteiger partial charge in [-0.25, -0.2) is 8.78 Å². The molecule has 1 rings (SSSR count). The Morgan fingerprint density at radius 3 is 2.42 bits per heavy atom. The Kier molecular flexibility index (Phi) is 6.01. The summed E-state index contributed by atoms with van der Waals surface area (Å²) in [6.45, 7) is 2.80. The van der Waals surface area contributed by atoms with Crippen LogP contribution < -0.4 is 10.5 Å². The molecule has 106 valence electrons. The van der Waals surface area contributed by atoms with E-state index in [4.69, 9.17) is 20.4 Å². The predicted molar refractivity (Wildman–Crippen MR) is 65.5 cm³/mol. The first-order valence-electron chi connectivity index (χ1n) is 5.77. The van der Waals surface area contributed by atoms with Crippen molar-refractivity contribution >= 4 is 5.84 Å². The summed E-state index contributed by atoms with van der Waals surface area (Å²) in [5.41, 5.74) is 5.18. The maximum atomic E-state index is 13.6. The Morgan fingerprint density at radius 2 is 1.89 bits per heavy atom. The lowest BCUT2D eigenvalue weighted by Crippen LogP contribution is -2.15. The van der Waals surface area contributed by atoms with E-state index in [1.54, 1.807) is 0 Å². The van der Waals surface area contributed by atoms with Crippen molar-refractivity contribution in [2.24, 2.45) is 10.9 Å². The molecule has 0 spiro atoms. The molecule has 0 aliphatic carbocycles. The maximum absolute atomic E-state index is 13.6. The topological polar surface area (TPSA) is 77.1 Å². The molecule has 0 unspecified atom stereocenters. The molecular weight excluding hydrogens is 258 g/mol. The third-order valence-corrected chi connectivity index (χ3v) is 2.22. The second-order valence-electron chi connectivity index (χ2n) is 3.72. The number of benzene rings is 1. The molecule has 0 aliphatic heterocycles. The van der Waals surface area contributed by atoms with Gasteiger partial charge in [0.2, 0.25) is 0 Å². The quantitative estimate of drug-likeness (QED) is 0.261. The summed E-state index contributed by atoms with van der Waals surface area (Å²) in [4.78, 5) is 0. The zero-order chi connectivity index (χ0) is 14.3. The van der Waals surface area contributed by atoms with Gasteiger partial charge in [-0.05, 0) is 18.6 Å². The van der Waals surface area contributed by atoms with Crippen LogP contribution in [0.2, 0.25) is 0 Å². The van der Waals surface area contributed by atoms with Crippen LogP contribution in [-0.2, 0) is 4.74 Å². The fourth-order valence-electron chi connectivity index (χ4n) is 1.35. The number of hydrogen-bond acceptors (Lipinski definition) is 4. The van der Waals surface area contributed by atoms with Crippen molar-refractivity contribution in [3.8, 4) is 5.75 Å². The Labute approximate surface area is 109 Å². The maximum Gasteiger partial charge on any atom is 0.190 e. The highest BCUT2D eigenvalue weighted by atomic mass is 19.1. The Morgan fingerprint density at radius 1 is 1.26 bits per heavy atom. The van der Waals surface area contributed by atoms with Crippen molar-refractivity contribution in [1.82, 2.24) is 0 Å². The van der Waals surface area contributed by atoms with E-state index in [1.165, 1.54) is 0 Å². The van der Waals surface area contributed by atoms with Crippen molar-refractivity contribution in [1.29, 1.82) is 0 Å². The van der Waals surface area contributed by atoms with E-state index in [-0.39, 0.29) is 24.6 Å². The van der Waals surface area contributed by atoms with Gasteiger partial charge in [-0.2, -0.15) is 0 Å². The van der Waals surface area contributed by atoms with Crippen molar-refractivity contribution in [2.75, 3.05) is 19.8 Å². The van der Waals surface area contributed by atoms with Crippen LogP contribution in [-0.4, -0.2) is 30.9 Å². The smallest absolute Gasteiger partial charge is 0.190 e. The highest BCUT2D eigenvalue weighted by molar-refractivity contribution is 5.97. The Bertz CT molecular complexity index is 430. The van der Waals surface area contributed by atoms with Gasteiger partial charge in [-0.15, -0.1) is 0 Å². The third kappa shape index (κ3) is 4.36. The monoisotopic (exact) mass is 274 g/mol. The molecule has 0 aromatic heterocycles.